The molecule has 1 rings (SSSR count). The number of benzene rings is 1. The number of hydrogen-bond acceptors (Lipinski definition) is 3. The summed E-state index contributed by atoms with van der Waals surface area (Å²) in [7, 11) is 0. The first kappa shape index (κ1) is 11.6. The van der Waals surface area contributed by atoms with Crippen molar-refractivity contribution in [2.45, 2.75) is 30.7 Å². The highest BCUT2D eigenvalue weighted by molar-refractivity contribution is 7.99. The minimum atomic E-state index is 0.421. The second-order valence-electron chi connectivity index (χ2n) is 3.28. The normalized spacial score (nSPS) is 12.7. The molecule has 0 amide bonds. The van der Waals surface area contributed by atoms with E-state index in [4.69, 9.17) is 5.84 Å². The van der Waals surface area contributed by atoms with Crippen LogP contribution in [0.15, 0.2) is 35.2 Å². The van der Waals surface area contributed by atoms with E-state index in [1.54, 1.807) is 0 Å². The molecule has 1 atom stereocenters. The second kappa shape index (κ2) is 6.87. The van der Waals surface area contributed by atoms with Crippen molar-refractivity contribution in [1.82, 2.24) is 5.43 Å². The Morgan fingerprint density at radius 3 is 2.64 bits per heavy atom. The zero-order chi connectivity index (χ0) is 10.2. The molecule has 0 fully saturated rings. The standard InChI is InChI=1S/C11H18N2S/c1-2-6-10(13-12)9-14-11-7-4-3-5-8-11/h3-5,7-8,10,13H,2,6,9,12H2,1H3. The summed E-state index contributed by atoms with van der Waals surface area (Å²) in [4.78, 5) is 1.31. The van der Waals surface area contributed by atoms with Gasteiger partial charge in [-0.05, 0) is 18.6 Å². The van der Waals surface area contributed by atoms with Crippen molar-refractivity contribution in [3.63, 3.8) is 0 Å². The van der Waals surface area contributed by atoms with Gasteiger partial charge >= 0.3 is 0 Å². The van der Waals surface area contributed by atoms with Crippen LogP contribution >= 0.6 is 11.8 Å². The Hall–Kier alpha value is -0.510. The predicted octanol–water partition coefficient (Wildman–Crippen LogP) is 2.41. The molecular weight excluding hydrogens is 192 g/mol. The van der Waals surface area contributed by atoms with E-state index in [-0.39, 0.29) is 0 Å². The minimum absolute atomic E-state index is 0.421. The van der Waals surface area contributed by atoms with Gasteiger partial charge in [-0.1, -0.05) is 31.5 Å². The van der Waals surface area contributed by atoms with Gasteiger partial charge in [0.2, 0.25) is 0 Å². The third-order valence-electron chi connectivity index (χ3n) is 2.07. The lowest BCUT2D eigenvalue weighted by Crippen LogP contribution is -2.36. The van der Waals surface area contributed by atoms with Gasteiger partial charge in [0.05, 0.1) is 0 Å². The highest BCUT2D eigenvalue weighted by Crippen LogP contribution is 2.18. The first-order chi connectivity index (χ1) is 6.86. The molecule has 0 spiro atoms. The number of rotatable bonds is 6. The average Bonchev–Trinajstić information content (AvgIpc) is 2.25. The van der Waals surface area contributed by atoms with Gasteiger partial charge in [0.15, 0.2) is 0 Å². The van der Waals surface area contributed by atoms with Crippen LogP contribution in [0, 0.1) is 0 Å². The molecule has 1 unspecified atom stereocenters. The van der Waals surface area contributed by atoms with Crippen LogP contribution in [0.4, 0.5) is 0 Å². The Morgan fingerprint density at radius 2 is 2.07 bits per heavy atom. The van der Waals surface area contributed by atoms with E-state index in [0.717, 1.165) is 12.2 Å². The van der Waals surface area contributed by atoms with Crippen LogP contribution in [-0.2, 0) is 0 Å². The summed E-state index contributed by atoms with van der Waals surface area (Å²) in [6.45, 7) is 2.18. The molecule has 3 heteroatoms. The summed E-state index contributed by atoms with van der Waals surface area (Å²) in [6, 6.07) is 10.8. The minimum Gasteiger partial charge on any atom is -0.271 e. The number of nitrogens with one attached hydrogen (secondary N) is 1. The monoisotopic (exact) mass is 210 g/mol. The van der Waals surface area contributed by atoms with Gasteiger partial charge in [-0.3, -0.25) is 11.3 Å². The summed E-state index contributed by atoms with van der Waals surface area (Å²) < 4.78 is 0. The van der Waals surface area contributed by atoms with Gasteiger partial charge in [-0.15, -0.1) is 11.8 Å². The van der Waals surface area contributed by atoms with Gasteiger partial charge in [0.1, 0.15) is 0 Å². The number of hydrazine groups is 1. The van der Waals surface area contributed by atoms with Gasteiger partial charge in [-0.2, -0.15) is 0 Å². The fourth-order valence-corrected chi connectivity index (χ4v) is 2.28. The lowest BCUT2D eigenvalue weighted by atomic mass is 10.2. The Kier molecular flexibility index (Phi) is 5.68. The van der Waals surface area contributed by atoms with E-state index >= 15 is 0 Å². The average molecular weight is 210 g/mol. The van der Waals surface area contributed by atoms with Crippen LogP contribution in [0.25, 0.3) is 0 Å². The van der Waals surface area contributed by atoms with Crippen molar-refractivity contribution in [1.29, 1.82) is 0 Å². The zero-order valence-electron chi connectivity index (χ0n) is 8.57. The molecule has 0 bridgehead atoms. The maximum Gasteiger partial charge on any atom is 0.0304 e. The molecular formula is C11H18N2S. The largest absolute Gasteiger partial charge is 0.271 e. The smallest absolute Gasteiger partial charge is 0.0304 e. The number of hydrogen-bond donors (Lipinski definition) is 2. The lowest BCUT2D eigenvalue weighted by molar-refractivity contribution is 0.532. The summed E-state index contributed by atoms with van der Waals surface area (Å²) in [5.41, 5.74) is 2.85. The SMILES string of the molecule is CCCC(CSc1ccccc1)NN. The van der Waals surface area contributed by atoms with E-state index in [1.807, 2.05) is 17.8 Å². The van der Waals surface area contributed by atoms with Crippen LogP contribution in [0.5, 0.6) is 0 Å². The van der Waals surface area contributed by atoms with Gasteiger partial charge < -0.3 is 0 Å². The van der Waals surface area contributed by atoms with Crippen LogP contribution in [-0.4, -0.2) is 11.8 Å². The molecule has 0 aromatic heterocycles. The maximum absolute atomic E-state index is 5.46. The maximum atomic E-state index is 5.46. The molecule has 0 heterocycles. The van der Waals surface area contributed by atoms with E-state index in [2.05, 4.69) is 36.6 Å². The summed E-state index contributed by atoms with van der Waals surface area (Å²) in [6.07, 6.45) is 2.31. The Bertz CT molecular complexity index is 238. The highest BCUT2D eigenvalue weighted by atomic mass is 32.2. The fourth-order valence-electron chi connectivity index (χ4n) is 1.28. The van der Waals surface area contributed by atoms with Gasteiger partial charge in [0, 0.05) is 16.7 Å². The molecule has 0 radical (unpaired) electrons. The van der Waals surface area contributed by atoms with Gasteiger partial charge in [0.25, 0.3) is 0 Å². The van der Waals surface area contributed by atoms with Crippen LogP contribution < -0.4 is 11.3 Å². The molecule has 1 aromatic rings. The van der Waals surface area contributed by atoms with E-state index < -0.39 is 0 Å². The van der Waals surface area contributed by atoms with E-state index in [0.29, 0.717) is 6.04 Å². The third-order valence-corrected chi connectivity index (χ3v) is 3.24. The van der Waals surface area contributed by atoms with Crippen LogP contribution in [0.1, 0.15) is 19.8 Å². The third kappa shape index (κ3) is 4.13. The quantitative estimate of drug-likeness (QED) is 0.430. The molecule has 0 saturated heterocycles. The van der Waals surface area contributed by atoms with Gasteiger partial charge in [-0.25, -0.2) is 0 Å². The highest BCUT2D eigenvalue weighted by Gasteiger charge is 2.04. The first-order valence-electron chi connectivity index (χ1n) is 5.00. The molecule has 0 aliphatic heterocycles. The molecule has 3 N–H and O–H groups in total. The van der Waals surface area contributed by atoms with Crippen molar-refractivity contribution in [2.75, 3.05) is 5.75 Å². The fraction of sp³-hybridized carbons (Fsp3) is 0.455. The van der Waals surface area contributed by atoms with E-state index in [1.165, 1.54) is 11.3 Å². The molecule has 0 aliphatic rings. The van der Waals surface area contributed by atoms with Crippen molar-refractivity contribution in [3.05, 3.63) is 30.3 Å². The van der Waals surface area contributed by atoms with Crippen LogP contribution in [0.2, 0.25) is 0 Å². The summed E-state index contributed by atoms with van der Waals surface area (Å²) in [5.74, 6) is 6.50. The Labute approximate surface area is 90.2 Å². The molecule has 14 heavy (non-hydrogen) atoms. The first-order valence-corrected chi connectivity index (χ1v) is 5.99. The molecule has 0 aliphatic carbocycles. The van der Waals surface area contributed by atoms with E-state index in [9.17, 15) is 0 Å². The zero-order valence-corrected chi connectivity index (χ0v) is 9.39. The summed E-state index contributed by atoms with van der Waals surface area (Å²) in [5, 5.41) is 0. The van der Waals surface area contributed by atoms with Crippen molar-refractivity contribution in [3.8, 4) is 0 Å². The molecule has 78 valence electrons. The Morgan fingerprint density at radius 1 is 1.36 bits per heavy atom. The molecule has 1 aromatic carbocycles. The number of thioether (sulfide) groups is 1. The predicted molar refractivity (Wildman–Crippen MR) is 63.2 cm³/mol. The summed E-state index contributed by atoms with van der Waals surface area (Å²) >= 11 is 1.85. The number of nitrogens with two attached hydrogens (primary N) is 1. The Balaban J connectivity index is 2.32. The van der Waals surface area contributed by atoms with Crippen molar-refractivity contribution in [2.24, 2.45) is 5.84 Å². The van der Waals surface area contributed by atoms with Crippen molar-refractivity contribution < 1.29 is 0 Å². The van der Waals surface area contributed by atoms with Crippen molar-refractivity contribution >= 4 is 11.8 Å². The van der Waals surface area contributed by atoms with Crippen LogP contribution in [0.3, 0.4) is 0 Å². The lowest BCUT2D eigenvalue weighted by Gasteiger charge is -2.13. The molecule has 0 saturated carbocycles. The topological polar surface area (TPSA) is 38.0 Å². The molecule has 2 nitrogen and oxygen atoms in total. The second-order valence-corrected chi connectivity index (χ2v) is 4.37.